The first-order valence-corrected chi connectivity index (χ1v) is 5.63. The molecule has 0 saturated carbocycles. The molecule has 0 aliphatic rings. The van der Waals surface area contributed by atoms with Crippen LogP contribution in [0.3, 0.4) is 0 Å². The van der Waals surface area contributed by atoms with E-state index < -0.39 is 13.0 Å². The summed E-state index contributed by atoms with van der Waals surface area (Å²) in [7, 11) is -2.60. The average molecular weight is 203 g/mol. The summed E-state index contributed by atoms with van der Waals surface area (Å²) >= 11 is 0. The highest BCUT2D eigenvalue weighted by atomic mass is 16.5. The smallest absolute Gasteiger partial charge is 0.308 e. The quantitative estimate of drug-likeness (QED) is 0.445. The number of esters is 1. The Bertz CT molecular complexity index is 214. The molecule has 1 atom stereocenters. The van der Waals surface area contributed by atoms with Gasteiger partial charge in [0.1, 0.15) is 0 Å². The summed E-state index contributed by atoms with van der Waals surface area (Å²) in [6, 6.07) is 0. The highest BCUT2D eigenvalue weighted by Crippen LogP contribution is 2.17. The molecule has 0 fully saturated rings. The maximum absolute atomic E-state index is 11.6. The van der Waals surface area contributed by atoms with Crippen molar-refractivity contribution in [3.63, 3.8) is 0 Å². The van der Waals surface area contributed by atoms with Crippen LogP contribution in [-0.4, -0.2) is 13.0 Å². The second-order valence-corrected chi connectivity index (χ2v) is 3.76. The second-order valence-electron chi connectivity index (χ2n) is 3.76. The Morgan fingerprint density at radius 1 is 1.21 bits per heavy atom. The molecule has 0 aromatic carbocycles. The van der Waals surface area contributed by atoms with Gasteiger partial charge in [0.15, 0.2) is 0 Å². The molecule has 14 heavy (non-hydrogen) atoms. The molecule has 0 radical (unpaired) electrons. The zero-order valence-electron chi connectivity index (χ0n) is 12.3. The molecule has 2 heteroatoms. The topological polar surface area (TPSA) is 26.3 Å². The first kappa shape index (κ1) is 8.75. The highest BCUT2D eigenvalue weighted by Gasteiger charge is 2.16. The molecule has 0 aliphatic carbocycles. The molecule has 0 aliphatic heterocycles. The van der Waals surface area contributed by atoms with Crippen LogP contribution in [0.4, 0.5) is 0 Å². The van der Waals surface area contributed by atoms with E-state index in [-0.39, 0.29) is 5.92 Å². The summed E-state index contributed by atoms with van der Waals surface area (Å²) in [5, 5.41) is 0. The molecule has 0 aromatic heterocycles. The van der Waals surface area contributed by atoms with Crippen molar-refractivity contribution in [2.45, 2.75) is 58.8 Å². The third-order valence-electron chi connectivity index (χ3n) is 2.48. The minimum atomic E-state index is -2.60. The fourth-order valence-electron chi connectivity index (χ4n) is 1.63. The van der Waals surface area contributed by atoms with Crippen molar-refractivity contribution in [1.82, 2.24) is 0 Å². The average Bonchev–Trinajstić information content (AvgIpc) is 2.20. The molecular formula is C12H24O2. The van der Waals surface area contributed by atoms with Gasteiger partial charge < -0.3 is 4.74 Å². The lowest BCUT2D eigenvalue weighted by Gasteiger charge is -2.12. The zero-order chi connectivity index (χ0) is 13.3. The highest BCUT2D eigenvalue weighted by molar-refractivity contribution is 5.72. The van der Waals surface area contributed by atoms with Crippen molar-refractivity contribution < 1.29 is 13.6 Å². The van der Waals surface area contributed by atoms with Crippen LogP contribution in [0, 0.1) is 5.92 Å². The van der Waals surface area contributed by atoms with Gasteiger partial charge in [-0.2, -0.15) is 0 Å². The van der Waals surface area contributed by atoms with Gasteiger partial charge in [-0.15, -0.1) is 0 Å². The van der Waals surface area contributed by atoms with Gasteiger partial charge in [0.2, 0.25) is 0 Å². The predicted octanol–water partition coefficient (Wildman–Crippen LogP) is 3.55. The summed E-state index contributed by atoms with van der Waals surface area (Å²) in [6.45, 7) is 4.12. The molecule has 0 N–H and O–H groups in total. The number of hydrogen-bond acceptors (Lipinski definition) is 2. The number of unbranched alkanes of at least 4 members (excludes halogenated alkanes) is 3. The van der Waals surface area contributed by atoms with Crippen molar-refractivity contribution in [3.8, 4) is 0 Å². The zero-order valence-corrected chi connectivity index (χ0v) is 9.34. The van der Waals surface area contributed by atoms with E-state index in [4.69, 9.17) is 4.11 Å². The molecule has 0 aromatic rings. The standard InChI is InChI=1S/C12H24O2/c1-4-6-7-8-10-11(9-5-2)12(13)14-3/h11H,4-10H2,1-3H3/t11-/m0/s1/i3D3. The first-order chi connectivity index (χ1) is 7.90. The summed E-state index contributed by atoms with van der Waals surface area (Å²) in [4.78, 5) is 11.6. The molecule has 0 rings (SSSR count). The largest absolute Gasteiger partial charge is 0.469 e. The third kappa shape index (κ3) is 6.01. The Kier molecular flexibility index (Phi) is 5.65. The van der Waals surface area contributed by atoms with Crippen molar-refractivity contribution in [2.75, 3.05) is 7.04 Å². The number of methoxy groups -OCH3 is 1. The molecule has 2 nitrogen and oxygen atoms in total. The van der Waals surface area contributed by atoms with Crippen LogP contribution >= 0.6 is 0 Å². The predicted molar refractivity (Wildman–Crippen MR) is 59.2 cm³/mol. The van der Waals surface area contributed by atoms with E-state index in [0.29, 0.717) is 6.42 Å². The lowest BCUT2D eigenvalue weighted by atomic mass is 9.96. The Morgan fingerprint density at radius 2 is 2.00 bits per heavy atom. The van der Waals surface area contributed by atoms with E-state index >= 15 is 0 Å². The fraction of sp³-hybridized carbons (Fsp3) is 0.917. The number of hydrogen-bond donors (Lipinski definition) is 0. The van der Waals surface area contributed by atoms with Gasteiger partial charge >= 0.3 is 5.97 Å². The Hall–Kier alpha value is -0.530. The minimum Gasteiger partial charge on any atom is -0.469 e. The van der Waals surface area contributed by atoms with E-state index in [2.05, 4.69) is 11.7 Å². The van der Waals surface area contributed by atoms with Crippen molar-refractivity contribution in [3.05, 3.63) is 0 Å². The van der Waals surface area contributed by atoms with Crippen LogP contribution in [0.2, 0.25) is 0 Å². The molecule has 0 spiro atoms. The summed E-state index contributed by atoms with van der Waals surface area (Å²) < 4.78 is 25.2. The van der Waals surface area contributed by atoms with E-state index in [1.165, 1.54) is 0 Å². The maximum Gasteiger partial charge on any atom is 0.308 e. The van der Waals surface area contributed by atoms with E-state index in [1.54, 1.807) is 0 Å². The summed E-state index contributed by atoms with van der Waals surface area (Å²) in [6.07, 6.45) is 6.69. The van der Waals surface area contributed by atoms with Crippen LogP contribution < -0.4 is 0 Å². The molecule has 0 saturated heterocycles. The molecule has 0 amide bonds. The van der Waals surface area contributed by atoms with Gasteiger partial charge in [-0.05, 0) is 12.8 Å². The molecule has 0 heterocycles. The Balaban J connectivity index is 4.07. The Labute approximate surface area is 92.2 Å². The number of ether oxygens (including phenoxy) is 1. The van der Waals surface area contributed by atoms with Crippen molar-refractivity contribution >= 4 is 5.97 Å². The van der Waals surface area contributed by atoms with Crippen LogP contribution in [0.5, 0.6) is 0 Å². The lowest BCUT2D eigenvalue weighted by Crippen LogP contribution is -2.15. The van der Waals surface area contributed by atoms with Crippen LogP contribution in [0.15, 0.2) is 0 Å². The molecule has 0 unspecified atom stereocenters. The fourth-order valence-corrected chi connectivity index (χ4v) is 1.63. The number of carbonyl (C=O) groups is 1. The second kappa shape index (κ2) is 9.04. The van der Waals surface area contributed by atoms with Crippen molar-refractivity contribution in [1.29, 1.82) is 0 Å². The lowest BCUT2D eigenvalue weighted by molar-refractivity contribution is -0.146. The van der Waals surface area contributed by atoms with E-state index in [9.17, 15) is 4.79 Å². The van der Waals surface area contributed by atoms with Crippen LogP contribution in [-0.2, 0) is 9.53 Å². The van der Waals surface area contributed by atoms with Gasteiger partial charge in [-0.25, -0.2) is 0 Å². The molecule has 0 bridgehead atoms. The van der Waals surface area contributed by atoms with Gasteiger partial charge in [-0.3, -0.25) is 4.79 Å². The van der Waals surface area contributed by atoms with Gasteiger partial charge in [0.05, 0.1) is 17.1 Å². The normalized spacial score (nSPS) is 16.6. The van der Waals surface area contributed by atoms with Gasteiger partial charge in [0.25, 0.3) is 0 Å². The van der Waals surface area contributed by atoms with Gasteiger partial charge in [-0.1, -0.05) is 46.0 Å². The van der Waals surface area contributed by atoms with Crippen LogP contribution in [0.25, 0.3) is 0 Å². The monoisotopic (exact) mass is 203 g/mol. The number of rotatable bonds is 8. The molecule has 84 valence electrons. The third-order valence-corrected chi connectivity index (χ3v) is 2.48. The van der Waals surface area contributed by atoms with Crippen LogP contribution in [0.1, 0.15) is 62.9 Å². The molecular weight excluding hydrogens is 176 g/mol. The van der Waals surface area contributed by atoms with Gasteiger partial charge in [0, 0.05) is 0 Å². The first-order valence-electron chi connectivity index (χ1n) is 7.13. The number of carbonyl (C=O) groups excluding carboxylic acids is 1. The Morgan fingerprint density at radius 3 is 2.57 bits per heavy atom. The minimum absolute atomic E-state index is 0.253. The SMILES string of the molecule is [2H]C([2H])([2H])OC(=O)[C@@H](CCC)CCCCCC. The summed E-state index contributed by atoms with van der Waals surface area (Å²) in [5.41, 5.74) is 0. The van der Waals surface area contributed by atoms with E-state index in [1.807, 2.05) is 6.92 Å². The maximum atomic E-state index is 11.6. The van der Waals surface area contributed by atoms with E-state index in [0.717, 1.165) is 38.5 Å². The van der Waals surface area contributed by atoms with Crippen molar-refractivity contribution in [2.24, 2.45) is 5.92 Å². The summed E-state index contributed by atoms with van der Waals surface area (Å²) in [5.74, 6) is -0.819.